The van der Waals surface area contributed by atoms with Crippen LogP contribution in [-0.4, -0.2) is 19.2 Å². The van der Waals surface area contributed by atoms with Gasteiger partial charge >= 0.3 is 0 Å². The fourth-order valence-corrected chi connectivity index (χ4v) is 2.18. The van der Waals surface area contributed by atoms with Gasteiger partial charge in [-0.2, -0.15) is 5.26 Å². The number of pyridine rings is 1. The van der Waals surface area contributed by atoms with Gasteiger partial charge in [-0.05, 0) is 29.8 Å². The minimum absolute atomic E-state index is 0.322. The Bertz CT molecular complexity index is 706. The van der Waals surface area contributed by atoms with Crippen LogP contribution in [0.25, 0.3) is 10.6 Å². The Labute approximate surface area is 128 Å². The van der Waals surface area contributed by atoms with Crippen LogP contribution in [-0.2, 0) is 0 Å². The third kappa shape index (κ3) is 3.15. The van der Waals surface area contributed by atoms with E-state index in [4.69, 9.17) is 21.1 Å². The Morgan fingerprint density at radius 3 is 2.43 bits per heavy atom. The van der Waals surface area contributed by atoms with Crippen molar-refractivity contribution in [2.75, 3.05) is 14.2 Å². The summed E-state index contributed by atoms with van der Waals surface area (Å²) in [5, 5.41) is 9.72. The monoisotopic (exact) mass is 300 g/mol. The van der Waals surface area contributed by atoms with Crippen molar-refractivity contribution in [3.05, 3.63) is 53.9 Å². The van der Waals surface area contributed by atoms with Crippen LogP contribution in [0.2, 0.25) is 0 Å². The van der Waals surface area contributed by atoms with E-state index < -0.39 is 0 Å². The lowest BCUT2D eigenvalue weighted by atomic mass is 10.0. The van der Waals surface area contributed by atoms with Crippen molar-refractivity contribution in [2.45, 2.75) is 0 Å². The number of nitrogens with zero attached hydrogens (tertiary/aromatic N) is 2. The zero-order valence-corrected chi connectivity index (χ0v) is 12.4. The van der Waals surface area contributed by atoms with Crippen molar-refractivity contribution in [1.29, 1.82) is 5.26 Å². The molecule has 0 aliphatic rings. The molecule has 1 aromatic carbocycles. The highest BCUT2D eigenvalue weighted by atomic mass is 35.5. The number of hydrogen-bond donors (Lipinski definition) is 0. The van der Waals surface area contributed by atoms with E-state index in [1.807, 2.05) is 0 Å². The smallest absolute Gasteiger partial charge is 0.131 e. The van der Waals surface area contributed by atoms with Crippen LogP contribution in [0, 0.1) is 11.3 Å². The summed E-state index contributed by atoms with van der Waals surface area (Å²) in [7, 11) is 3.12. The molecule has 0 bridgehead atoms. The van der Waals surface area contributed by atoms with E-state index in [1.165, 1.54) is 0 Å². The molecule has 0 saturated carbocycles. The van der Waals surface area contributed by atoms with Gasteiger partial charge in [-0.15, -0.1) is 0 Å². The summed E-state index contributed by atoms with van der Waals surface area (Å²) in [6.07, 6.45) is 3.23. The molecule has 0 unspecified atom stereocenters. The summed E-state index contributed by atoms with van der Waals surface area (Å²) in [6, 6.07) is 10.8. The molecule has 2 rings (SSSR count). The molecule has 1 aromatic heterocycles. The quantitative estimate of drug-likeness (QED) is 0.807. The molecule has 0 spiro atoms. The average Bonchev–Trinajstić information content (AvgIpc) is 2.55. The molecule has 2 aromatic rings. The standard InChI is InChI=1S/C16H13ClN2O2/c1-20-12-3-4-13(15(9-12)21-2)16(17)14(10-18)11-5-7-19-8-6-11/h3-9H,1-2H3/b16-14+. The number of benzene rings is 1. The largest absolute Gasteiger partial charge is 0.497 e. The Hall–Kier alpha value is -2.51. The second-order valence-corrected chi connectivity index (χ2v) is 4.48. The van der Waals surface area contributed by atoms with Crippen molar-refractivity contribution >= 4 is 22.2 Å². The van der Waals surface area contributed by atoms with Gasteiger partial charge in [-0.3, -0.25) is 4.98 Å². The summed E-state index contributed by atoms with van der Waals surface area (Å²) in [5.41, 5.74) is 1.70. The Balaban J connectivity index is 2.59. The molecule has 0 aliphatic carbocycles. The fourth-order valence-electron chi connectivity index (χ4n) is 1.87. The lowest BCUT2D eigenvalue weighted by Crippen LogP contribution is -1.93. The molecule has 106 valence electrons. The summed E-state index contributed by atoms with van der Waals surface area (Å²) < 4.78 is 10.5. The molecule has 0 aliphatic heterocycles. The van der Waals surface area contributed by atoms with Gasteiger partial charge in [-0.25, -0.2) is 0 Å². The number of ether oxygens (including phenoxy) is 2. The van der Waals surface area contributed by atoms with Crippen molar-refractivity contribution in [2.24, 2.45) is 0 Å². The minimum Gasteiger partial charge on any atom is -0.497 e. The Kier molecular flexibility index (Phi) is 4.81. The SMILES string of the molecule is COc1ccc(/C(Cl)=C(/C#N)c2ccncc2)c(OC)c1. The zero-order valence-electron chi connectivity index (χ0n) is 11.6. The first-order valence-corrected chi connectivity index (χ1v) is 6.51. The number of nitriles is 1. The molecule has 0 fully saturated rings. The van der Waals surface area contributed by atoms with E-state index in [9.17, 15) is 5.26 Å². The zero-order chi connectivity index (χ0) is 15.2. The van der Waals surface area contributed by atoms with Crippen molar-refractivity contribution in [1.82, 2.24) is 4.98 Å². The van der Waals surface area contributed by atoms with Gasteiger partial charge in [0.1, 0.15) is 17.6 Å². The minimum atomic E-state index is 0.322. The third-order valence-corrected chi connectivity index (χ3v) is 3.34. The number of rotatable bonds is 4. The molecule has 0 amide bonds. The van der Waals surface area contributed by atoms with Gasteiger partial charge in [0.2, 0.25) is 0 Å². The van der Waals surface area contributed by atoms with Crippen LogP contribution < -0.4 is 9.47 Å². The molecule has 0 saturated heterocycles. The van der Waals surface area contributed by atoms with E-state index in [-0.39, 0.29) is 0 Å². The van der Waals surface area contributed by atoms with Gasteiger partial charge in [0.15, 0.2) is 0 Å². The average molecular weight is 301 g/mol. The molecule has 0 N–H and O–H groups in total. The van der Waals surface area contributed by atoms with Crippen molar-refractivity contribution < 1.29 is 9.47 Å². The van der Waals surface area contributed by atoms with Crippen LogP contribution >= 0.6 is 11.6 Å². The first kappa shape index (κ1) is 14.9. The highest BCUT2D eigenvalue weighted by Gasteiger charge is 2.14. The molecule has 4 nitrogen and oxygen atoms in total. The molecule has 21 heavy (non-hydrogen) atoms. The number of hydrogen-bond acceptors (Lipinski definition) is 4. The predicted octanol–water partition coefficient (Wildman–Crippen LogP) is 3.73. The Morgan fingerprint density at radius 1 is 1.14 bits per heavy atom. The molecule has 1 heterocycles. The van der Waals surface area contributed by atoms with Crippen molar-refractivity contribution in [3.63, 3.8) is 0 Å². The van der Waals surface area contributed by atoms with E-state index in [1.54, 1.807) is 56.9 Å². The van der Waals surface area contributed by atoms with Gasteiger partial charge in [0.05, 0.1) is 24.8 Å². The van der Waals surface area contributed by atoms with E-state index in [0.717, 1.165) is 0 Å². The van der Waals surface area contributed by atoms with E-state index in [0.29, 0.717) is 33.2 Å². The first-order valence-electron chi connectivity index (χ1n) is 6.14. The highest BCUT2D eigenvalue weighted by molar-refractivity contribution is 6.53. The fraction of sp³-hybridized carbons (Fsp3) is 0.125. The van der Waals surface area contributed by atoms with Crippen LogP contribution in [0.1, 0.15) is 11.1 Å². The maximum atomic E-state index is 9.40. The van der Waals surface area contributed by atoms with Crippen LogP contribution in [0.5, 0.6) is 11.5 Å². The number of aromatic nitrogens is 1. The second kappa shape index (κ2) is 6.78. The van der Waals surface area contributed by atoms with Crippen LogP contribution in [0.3, 0.4) is 0 Å². The molecular weight excluding hydrogens is 288 g/mol. The van der Waals surface area contributed by atoms with E-state index in [2.05, 4.69) is 11.1 Å². The van der Waals surface area contributed by atoms with E-state index >= 15 is 0 Å². The number of allylic oxidation sites excluding steroid dienone is 1. The molecule has 0 radical (unpaired) electrons. The second-order valence-electron chi connectivity index (χ2n) is 4.10. The summed E-state index contributed by atoms with van der Waals surface area (Å²) >= 11 is 6.40. The van der Waals surface area contributed by atoms with Gasteiger partial charge in [0.25, 0.3) is 0 Å². The molecule has 5 heteroatoms. The van der Waals surface area contributed by atoms with Gasteiger partial charge < -0.3 is 9.47 Å². The predicted molar refractivity (Wildman–Crippen MR) is 82.1 cm³/mol. The first-order chi connectivity index (χ1) is 10.2. The Morgan fingerprint density at radius 2 is 1.86 bits per heavy atom. The van der Waals surface area contributed by atoms with Crippen molar-refractivity contribution in [3.8, 4) is 17.6 Å². The lowest BCUT2D eigenvalue weighted by molar-refractivity contribution is 0.393. The van der Waals surface area contributed by atoms with Crippen LogP contribution in [0.4, 0.5) is 0 Å². The number of methoxy groups -OCH3 is 2. The number of halogens is 1. The van der Waals surface area contributed by atoms with Crippen LogP contribution in [0.15, 0.2) is 42.7 Å². The lowest BCUT2D eigenvalue weighted by Gasteiger charge is -2.11. The summed E-state index contributed by atoms with van der Waals surface area (Å²) in [6.45, 7) is 0. The third-order valence-electron chi connectivity index (χ3n) is 2.95. The van der Waals surface area contributed by atoms with Gasteiger partial charge in [0, 0.05) is 24.0 Å². The van der Waals surface area contributed by atoms with Gasteiger partial charge in [-0.1, -0.05) is 11.6 Å². The maximum absolute atomic E-state index is 9.40. The maximum Gasteiger partial charge on any atom is 0.131 e. The topological polar surface area (TPSA) is 55.1 Å². The summed E-state index contributed by atoms with van der Waals surface area (Å²) in [5.74, 6) is 1.20. The molecular formula is C16H13ClN2O2. The molecule has 0 atom stereocenters. The highest BCUT2D eigenvalue weighted by Crippen LogP contribution is 2.36. The summed E-state index contributed by atoms with van der Waals surface area (Å²) in [4.78, 5) is 3.93. The normalized spacial score (nSPS) is 11.3.